The molecule has 188 valence electrons. The number of hydrazine groups is 1. The predicted molar refractivity (Wildman–Crippen MR) is 121 cm³/mol. The summed E-state index contributed by atoms with van der Waals surface area (Å²) in [5.41, 5.74) is 4.76. The number of carbonyl (C=O) groups is 3. The van der Waals surface area contributed by atoms with Crippen molar-refractivity contribution in [3.05, 3.63) is 39.9 Å². The Balaban J connectivity index is 1.75. The zero-order valence-corrected chi connectivity index (χ0v) is 19.2. The molecule has 0 heterocycles. The van der Waals surface area contributed by atoms with Crippen LogP contribution < -0.4 is 16.5 Å². The molecular formula is C23H27FN4O7. The van der Waals surface area contributed by atoms with Crippen molar-refractivity contribution in [2.24, 2.45) is 17.6 Å². The number of benzene rings is 1. The van der Waals surface area contributed by atoms with Gasteiger partial charge in [-0.2, -0.15) is 0 Å². The molecule has 3 atom stereocenters. The van der Waals surface area contributed by atoms with Crippen molar-refractivity contribution < 1.29 is 39.2 Å². The predicted octanol–water partition coefficient (Wildman–Crippen LogP) is 0.389. The maximum absolute atomic E-state index is 15.1. The fraction of sp³-hybridized carbons (Fsp3) is 0.435. The molecular weight excluding hydrogens is 463 g/mol. The SMILES string of the molecule is CN(C)NCC(=O)Nc1cc(F)c2c(c1O)C(O)=C1C(=O)[C@]3(O)CC(C(N)=O)=C(O)C[C@@H]3CC1C2. The van der Waals surface area contributed by atoms with E-state index in [1.54, 1.807) is 14.1 Å². The minimum atomic E-state index is -2.11. The van der Waals surface area contributed by atoms with Gasteiger partial charge in [0.1, 0.15) is 22.9 Å². The number of amides is 2. The minimum Gasteiger partial charge on any atom is -0.512 e. The number of phenolic OH excluding ortho intramolecular Hbond substituents is 1. The van der Waals surface area contributed by atoms with Crippen LogP contribution in [0.3, 0.4) is 0 Å². The number of hydrogen-bond acceptors (Lipinski definition) is 9. The quantitative estimate of drug-likeness (QED) is 0.226. The highest BCUT2D eigenvalue weighted by Crippen LogP contribution is 2.53. The van der Waals surface area contributed by atoms with Crippen molar-refractivity contribution in [2.75, 3.05) is 26.0 Å². The van der Waals surface area contributed by atoms with Crippen LogP contribution in [0.15, 0.2) is 23.0 Å². The summed E-state index contributed by atoms with van der Waals surface area (Å²) in [6.07, 6.45) is -0.636. The van der Waals surface area contributed by atoms with Gasteiger partial charge in [0.05, 0.1) is 23.4 Å². The van der Waals surface area contributed by atoms with Gasteiger partial charge in [0.25, 0.3) is 0 Å². The molecule has 12 heteroatoms. The van der Waals surface area contributed by atoms with Gasteiger partial charge in [0, 0.05) is 50.1 Å². The average Bonchev–Trinajstić information content (AvgIpc) is 2.76. The van der Waals surface area contributed by atoms with E-state index in [9.17, 15) is 34.8 Å². The van der Waals surface area contributed by atoms with E-state index < -0.39 is 58.8 Å². The van der Waals surface area contributed by atoms with Crippen molar-refractivity contribution in [1.29, 1.82) is 0 Å². The Morgan fingerprint density at radius 3 is 2.57 bits per heavy atom. The molecule has 1 saturated carbocycles. The van der Waals surface area contributed by atoms with Crippen LogP contribution in [0, 0.1) is 17.7 Å². The van der Waals surface area contributed by atoms with Crippen molar-refractivity contribution >= 4 is 29.0 Å². The van der Waals surface area contributed by atoms with E-state index in [1.807, 2.05) is 0 Å². The molecule has 8 N–H and O–H groups in total. The molecule has 0 spiro atoms. The van der Waals surface area contributed by atoms with Gasteiger partial charge in [0.2, 0.25) is 11.8 Å². The lowest BCUT2D eigenvalue weighted by molar-refractivity contribution is -0.146. The summed E-state index contributed by atoms with van der Waals surface area (Å²) in [7, 11) is 3.33. The Morgan fingerprint density at radius 2 is 1.94 bits per heavy atom. The van der Waals surface area contributed by atoms with Crippen LogP contribution in [-0.2, 0) is 20.8 Å². The second kappa shape index (κ2) is 8.63. The summed E-state index contributed by atoms with van der Waals surface area (Å²) in [5.74, 6) is -6.33. The number of allylic oxidation sites excluding steroid dienone is 1. The highest BCUT2D eigenvalue weighted by atomic mass is 19.1. The first-order valence-corrected chi connectivity index (χ1v) is 11.0. The Labute approximate surface area is 199 Å². The molecule has 3 aliphatic rings. The summed E-state index contributed by atoms with van der Waals surface area (Å²) in [6, 6.07) is 0.940. The van der Waals surface area contributed by atoms with Crippen LogP contribution in [0.1, 0.15) is 30.4 Å². The fourth-order valence-corrected chi connectivity index (χ4v) is 5.22. The molecule has 4 rings (SSSR count). The number of phenols is 1. The van der Waals surface area contributed by atoms with E-state index in [4.69, 9.17) is 5.73 Å². The number of aliphatic hydroxyl groups excluding tert-OH is 2. The summed E-state index contributed by atoms with van der Waals surface area (Å²) in [5, 5.41) is 47.2. The topological polar surface area (TPSA) is 185 Å². The fourth-order valence-electron chi connectivity index (χ4n) is 5.22. The van der Waals surface area contributed by atoms with E-state index in [0.717, 1.165) is 6.07 Å². The van der Waals surface area contributed by atoms with Crippen LogP contribution in [0.25, 0.3) is 5.76 Å². The lowest BCUT2D eigenvalue weighted by atomic mass is 9.59. The normalized spacial score (nSPS) is 25.8. The number of halogens is 1. The first-order valence-electron chi connectivity index (χ1n) is 11.0. The van der Waals surface area contributed by atoms with E-state index in [0.29, 0.717) is 0 Å². The van der Waals surface area contributed by atoms with Gasteiger partial charge < -0.3 is 31.5 Å². The zero-order valence-electron chi connectivity index (χ0n) is 19.2. The first kappa shape index (κ1) is 24.6. The first-order chi connectivity index (χ1) is 16.3. The third-order valence-electron chi connectivity index (χ3n) is 6.95. The molecule has 1 aromatic rings. The number of hydrogen-bond donors (Lipinski definition) is 7. The molecule has 35 heavy (non-hydrogen) atoms. The molecule has 1 unspecified atom stereocenters. The number of nitrogens with two attached hydrogens (primary N) is 1. The van der Waals surface area contributed by atoms with Gasteiger partial charge in [0.15, 0.2) is 11.5 Å². The van der Waals surface area contributed by atoms with Crippen LogP contribution in [0.2, 0.25) is 0 Å². The van der Waals surface area contributed by atoms with E-state index in [2.05, 4.69) is 10.7 Å². The number of ketones is 1. The molecule has 11 nitrogen and oxygen atoms in total. The maximum Gasteiger partial charge on any atom is 0.248 e. The number of Topliss-reactive ketones (excluding diaryl/α,β-unsaturated/α-hetero) is 1. The summed E-state index contributed by atoms with van der Waals surface area (Å²) >= 11 is 0. The highest BCUT2D eigenvalue weighted by Gasteiger charge is 2.56. The van der Waals surface area contributed by atoms with Crippen molar-refractivity contribution in [3.63, 3.8) is 0 Å². The third-order valence-corrected chi connectivity index (χ3v) is 6.95. The lowest BCUT2D eigenvalue weighted by Crippen LogP contribution is -2.55. The van der Waals surface area contributed by atoms with Crippen molar-refractivity contribution in [3.8, 4) is 5.75 Å². The van der Waals surface area contributed by atoms with Gasteiger partial charge in [-0.1, -0.05) is 0 Å². The van der Waals surface area contributed by atoms with E-state index in [-0.39, 0.29) is 59.5 Å². The average molecular weight is 490 g/mol. The van der Waals surface area contributed by atoms with Crippen LogP contribution in [0.4, 0.5) is 10.1 Å². The molecule has 2 amide bonds. The van der Waals surface area contributed by atoms with Gasteiger partial charge in [-0.05, 0) is 18.8 Å². The number of nitrogens with one attached hydrogen (secondary N) is 2. The number of anilines is 1. The molecule has 0 bridgehead atoms. The number of nitrogens with zero attached hydrogens (tertiary/aromatic N) is 1. The summed E-state index contributed by atoms with van der Waals surface area (Å²) in [4.78, 5) is 37.3. The van der Waals surface area contributed by atoms with Crippen LogP contribution in [0.5, 0.6) is 5.75 Å². The monoisotopic (exact) mass is 490 g/mol. The second-order valence-electron chi connectivity index (χ2n) is 9.41. The number of aromatic hydroxyl groups is 1. The Hall–Kier alpha value is -3.48. The van der Waals surface area contributed by atoms with Crippen molar-refractivity contribution in [2.45, 2.75) is 31.3 Å². The summed E-state index contributed by atoms with van der Waals surface area (Å²) in [6.45, 7) is -0.171. The molecule has 1 aromatic carbocycles. The van der Waals surface area contributed by atoms with Gasteiger partial charge in [-0.3, -0.25) is 19.4 Å². The minimum absolute atomic E-state index is 0.0372. The van der Waals surface area contributed by atoms with E-state index >= 15 is 4.39 Å². The standard InChI is InChI=1S/C23H27FN4O7/c1-28(2)26-8-16(30)27-14-6-13(24)11-4-9-3-10-5-15(29)12(22(25)34)7-23(10,35)21(33)17(9)20(32)18(11)19(14)31/h6,9-10,26,29,31-32,35H,3-5,7-8H2,1-2H3,(H2,25,34)(H,27,30)/t9?,10-,23-/m0/s1. The van der Waals surface area contributed by atoms with Crippen LogP contribution >= 0.6 is 0 Å². The summed E-state index contributed by atoms with van der Waals surface area (Å²) < 4.78 is 15.1. The molecule has 3 aliphatic carbocycles. The van der Waals surface area contributed by atoms with E-state index in [1.165, 1.54) is 5.01 Å². The molecule has 0 aliphatic heterocycles. The number of aliphatic hydroxyl groups is 3. The number of rotatable bonds is 5. The van der Waals surface area contributed by atoms with Crippen LogP contribution in [-0.4, -0.2) is 69.3 Å². The molecule has 0 aromatic heterocycles. The lowest BCUT2D eigenvalue weighted by Gasteiger charge is -2.46. The second-order valence-corrected chi connectivity index (χ2v) is 9.41. The zero-order chi connectivity index (χ0) is 25.8. The maximum atomic E-state index is 15.1. The number of fused-ring (bicyclic) bond motifs is 3. The van der Waals surface area contributed by atoms with Gasteiger partial charge >= 0.3 is 0 Å². The smallest absolute Gasteiger partial charge is 0.248 e. The number of carbonyl (C=O) groups excluding carboxylic acids is 3. The Bertz CT molecular complexity index is 1210. The van der Waals surface area contributed by atoms with Gasteiger partial charge in [-0.25, -0.2) is 9.82 Å². The Morgan fingerprint density at radius 1 is 1.26 bits per heavy atom. The number of primary amides is 1. The molecule has 0 saturated heterocycles. The molecule has 1 fully saturated rings. The largest absolute Gasteiger partial charge is 0.512 e. The van der Waals surface area contributed by atoms with Crippen molar-refractivity contribution in [1.82, 2.24) is 10.4 Å². The Kier molecular flexibility index (Phi) is 6.07. The highest BCUT2D eigenvalue weighted by molar-refractivity contribution is 6.10. The third kappa shape index (κ3) is 4.03. The molecule has 0 radical (unpaired) electrons. The van der Waals surface area contributed by atoms with Gasteiger partial charge in [-0.15, -0.1) is 0 Å².